The van der Waals surface area contributed by atoms with E-state index >= 15 is 0 Å². The van der Waals surface area contributed by atoms with Gasteiger partial charge in [0.25, 0.3) is 0 Å². The molecule has 2 aromatic rings. The number of anilines is 2. The van der Waals surface area contributed by atoms with Crippen LogP contribution in [0, 0.1) is 0 Å². The zero-order valence-corrected chi connectivity index (χ0v) is 9.89. The second-order valence-corrected chi connectivity index (χ2v) is 5.65. The van der Waals surface area contributed by atoms with E-state index in [-0.39, 0.29) is 15.0 Å². The Hall–Kier alpha value is -1.44. The van der Waals surface area contributed by atoms with Gasteiger partial charge in [-0.1, -0.05) is 0 Å². The van der Waals surface area contributed by atoms with Gasteiger partial charge in [-0.2, -0.15) is 0 Å². The van der Waals surface area contributed by atoms with Crippen LogP contribution in [0.25, 0.3) is 0 Å². The summed E-state index contributed by atoms with van der Waals surface area (Å²) in [6.07, 6.45) is 0. The van der Waals surface area contributed by atoms with Crippen molar-refractivity contribution >= 4 is 35.3 Å². The van der Waals surface area contributed by atoms with E-state index in [0.717, 1.165) is 11.4 Å². The number of benzene rings is 2. The van der Waals surface area contributed by atoms with Gasteiger partial charge >= 0.3 is 95.3 Å². The summed E-state index contributed by atoms with van der Waals surface area (Å²) in [6, 6.07) is 16.0. The molecule has 0 aromatic heterocycles. The van der Waals surface area contributed by atoms with Gasteiger partial charge in [0.05, 0.1) is 0 Å². The average Bonchev–Trinajstić information content (AvgIpc) is 2.17. The molecule has 2 rings (SSSR count). The van der Waals surface area contributed by atoms with E-state index in [1.165, 1.54) is 8.92 Å². The van der Waals surface area contributed by atoms with Gasteiger partial charge in [-0.05, 0) is 0 Å². The third kappa shape index (κ3) is 2.75. The van der Waals surface area contributed by atoms with Gasteiger partial charge in [0, 0.05) is 0 Å². The Bertz CT molecular complexity index is 425. The SMILES string of the molecule is Nc1cccc([Se]c2cccc(N)c2)c1. The van der Waals surface area contributed by atoms with Gasteiger partial charge in [-0.3, -0.25) is 0 Å². The molecule has 0 spiro atoms. The molecule has 0 aliphatic rings. The number of hydrogen-bond acceptors (Lipinski definition) is 2. The summed E-state index contributed by atoms with van der Waals surface area (Å²) in [6.45, 7) is 0. The zero-order valence-electron chi connectivity index (χ0n) is 8.18. The van der Waals surface area contributed by atoms with Crippen molar-refractivity contribution in [2.24, 2.45) is 0 Å². The van der Waals surface area contributed by atoms with Crippen LogP contribution in [-0.2, 0) is 0 Å². The molecule has 0 saturated carbocycles. The van der Waals surface area contributed by atoms with Gasteiger partial charge in [-0.15, -0.1) is 0 Å². The van der Waals surface area contributed by atoms with Crippen LogP contribution in [-0.4, -0.2) is 15.0 Å². The molecule has 0 aliphatic carbocycles. The molecule has 15 heavy (non-hydrogen) atoms. The maximum atomic E-state index is 5.73. The van der Waals surface area contributed by atoms with Crippen LogP contribution in [0.4, 0.5) is 11.4 Å². The predicted molar refractivity (Wildman–Crippen MR) is 66.7 cm³/mol. The van der Waals surface area contributed by atoms with E-state index in [1.54, 1.807) is 0 Å². The normalized spacial score (nSPS) is 10.1. The fourth-order valence-corrected chi connectivity index (χ4v) is 3.30. The van der Waals surface area contributed by atoms with Crippen molar-refractivity contribution in [3.8, 4) is 0 Å². The first kappa shape index (κ1) is 10.1. The number of nitrogens with two attached hydrogens (primary N) is 2. The summed E-state index contributed by atoms with van der Waals surface area (Å²) in [5.74, 6) is 0. The van der Waals surface area contributed by atoms with Gasteiger partial charge in [0.15, 0.2) is 0 Å². The minimum absolute atomic E-state index is 0.282. The van der Waals surface area contributed by atoms with E-state index in [0.29, 0.717) is 0 Å². The van der Waals surface area contributed by atoms with Crippen molar-refractivity contribution in [3.63, 3.8) is 0 Å². The summed E-state index contributed by atoms with van der Waals surface area (Å²) in [4.78, 5) is 0. The zero-order chi connectivity index (χ0) is 10.7. The van der Waals surface area contributed by atoms with Gasteiger partial charge in [0.1, 0.15) is 0 Å². The summed E-state index contributed by atoms with van der Waals surface area (Å²) >= 11 is 0.282. The number of hydrogen-bond donors (Lipinski definition) is 2. The third-order valence-corrected chi connectivity index (χ3v) is 4.01. The van der Waals surface area contributed by atoms with E-state index < -0.39 is 0 Å². The van der Waals surface area contributed by atoms with Crippen LogP contribution in [0.15, 0.2) is 48.5 Å². The molecule has 0 heterocycles. The molecule has 0 bridgehead atoms. The van der Waals surface area contributed by atoms with Crippen molar-refractivity contribution in [1.29, 1.82) is 0 Å². The average molecular weight is 263 g/mol. The van der Waals surface area contributed by atoms with E-state index in [9.17, 15) is 0 Å². The Morgan fingerprint density at radius 2 is 1.20 bits per heavy atom. The van der Waals surface area contributed by atoms with Gasteiger partial charge < -0.3 is 0 Å². The third-order valence-electron chi connectivity index (χ3n) is 1.95. The van der Waals surface area contributed by atoms with Crippen molar-refractivity contribution in [2.75, 3.05) is 11.5 Å². The topological polar surface area (TPSA) is 52.0 Å². The Balaban J connectivity index is 2.22. The summed E-state index contributed by atoms with van der Waals surface area (Å²) in [5, 5.41) is 0. The molecular formula is C12H12N2Se. The first-order valence-electron chi connectivity index (χ1n) is 4.63. The van der Waals surface area contributed by atoms with Crippen molar-refractivity contribution in [3.05, 3.63) is 48.5 Å². The standard InChI is InChI=1S/C12H12N2Se/c13-9-3-1-5-11(7-9)15-12-6-2-4-10(14)8-12/h1-8H,13-14H2. The maximum absolute atomic E-state index is 5.73. The summed E-state index contributed by atoms with van der Waals surface area (Å²) in [7, 11) is 0. The van der Waals surface area contributed by atoms with Crippen LogP contribution in [0.1, 0.15) is 0 Å². The first-order chi connectivity index (χ1) is 7.24. The van der Waals surface area contributed by atoms with Crippen LogP contribution >= 0.6 is 0 Å². The quantitative estimate of drug-likeness (QED) is 0.612. The van der Waals surface area contributed by atoms with Crippen molar-refractivity contribution in [1.82, 2.24) is 0 Å². The van der Waals surface area contributed by atoms with Crippen molar-refractivity contribution in [2.45, 2.75) is 0 Å². The van der Waals surface area contributed by atoms with Crippen LogP contribution in [0.2, 0.25) is 0 Å². The molecule has 3 heteroatoms. The molecule has 0 amide bonds. The molecule has 0 fully saturated rings. The summed E-state index contributed by atoms with van der Waals surface area (Å²) < 4.78 is 2.54. The van der Waals surface area contributed by atoms with Gasteiger partial charge in [0.2, 0.25) is 0 Å². The second-order valence-electron chi connectivity index (χ2n) is 3.25. The molecule has 0 radical (unpaired) electrons. The fourth-order valence-electron chi connectivity index (χ4n) is 1.29. The number of rotatable bonds is 2. The Morgan fingerprint density at radius 1 is 0.733 bits per heavy atom. The molecule has 4 N–H and O–H groups in total. The monoisotopic (exact) mass is 264 g/mol. The van der Waals surface area contributed by atoms with E-state index in [4.69, 9.17) is 11.5 Å². The molecule has 76 valence electrons. The molecule has 0 atom stereocenters. The van der Waals surface area contributed by atoms with Crippen molar-refractivity contribution < 1.29 is 0 Å². The second kappa shape index (κ2) is 4.39. The fraction of sp³-hybridized carbons (Fsp3) is 0. The van der Waals surface area contributed by atoms with Crippen LogP contribution in [0.3, 0.4) is 0 Å². The van der Waals surface area contributed by atoms with Crippen LogP contribution < -0.4 is 20.4 Å². The Labute approximate surface area is 95.4 Å². The predicted octanol–water partition coefficient (Wildman–Crippen LogP) is 0.506. The Morgan fingerprint density at radius 3 is 1.60 bits per heavy atom. The van der Waals surface area contributed by atoms with Gasteiger partial charge in [-0.25, -0.2) is 0 Å². The molecule has 0 saturated heterocycles. The Kier molecular flexibility index (Phi) is 2.95. The molecule has 2 nitrogen and oxygen atoms in total. The first-order valence-corrected chi connectivity index (χ1v) is 6.34. The molecule has 2 aromatic carbocycles. The van der Waals surface area contributed by atoms with E-state index in [2.05, 4.69) is 12.1 Å². The van der Waals surface area contributed by atoms with E-state index in [1.807, 2.05) is 36.4 Å². The molecule has 0 unspecified atom stereocenters. The van der Waals surface area contributed by atoms with Crippen LogP contribution in [0.5, 0.6) is 0 Å². The molecular weight excluding hydrogens is 251 g/mol. The number of nitrogen functional groups attached to an aromatic ring is 2. The summed E-state index contributed by atoms with van der Waals surface area (Å²) in [5.41, 5.74) is 13.1. The minimum atomic E-state index is 0.282. The molecule has 0 aliphatic heterocycles.